The van der Waals surface area contributed by atoms with Crippen LogP contribution in [0.15, 0.2) is 54.6 Å². The zero-order valence-corrected chi connectivity index (χ0v) is 21.7. The summed E-state index contributed by atoms with van der Waals surface area (Å²) in [6.07, 6.45) is -4.87. The maximum Gasteiger partial charge on any atom is 0.573 e. The van der Waals surface area contributed by atoms with E-state index in [1.807, 2.05) is 6.07 Å². The van der Waals surface area contributed by atoms with E-state index >= 15 is 0 Å². The quantitative estimate of drug-likeness (QED) is 0.285. The molecule has 0 bridgehead atoms. The first-order valence-electron chi connectivity index (χ1n) is 10.1. The van der Waals surface area contributed by atoms with Gasteiger partial charge in [-0.2, -0.15) is 5.26 Å². The predicted molar refractivity (Wildman–Crippen MR) is 133 cm³/mol. The summed E-state index contributed by atoms with van der Waals surface area (Å²) in [6, 6.07) is 13.4. The first-order chi connectivity index (χ1) is 17.3. The molecule has 0 radical (unpaired) electrons. The van der Waals surface area contributed by atoms with Crippen molar-refractivity contribution in [1.29, 1.82) is 5.26 Å². The Hall–Kier alpha value is -3.03. The van der Waals surface area contributed by atoms with Gasteiger partial charge in [0, 0.05) is 22.7 Å². The molecular weight excluding hydrogens is 579 g/mol. The van der Waals surface area contributed by atoms with Crippen molar-refractivity contribution in [2.75, 3.05) is 6.61 Å². The molecule has 3 rings (SSSR count). The summed E-state index contributed by atoms with van der Waals surface area (Å²) in [6.45, 7) is 1.02. The van der Waals surface area contributed by atoms with Crippen LogP contribution in [0.3, 0.4) is 0 Å². The largest absolute Gasteiger partial charge is 0.573 e. The van der Waals surface area contributed by atoms with E-state index in [1.165, 1.54) is 31.2 Å². The molecule has 1 amide bonds. The second-order valence-electron chi connectivity index (χ2n) is 7.65. The van der Waals surface area contributed by atoms with Gasteiger partial charge in [-0.25, -0.2) is 0 Å². The number of benzene rings is 3. The number of amides is 1. The van der Waals surface area contributed by atoms with Gasteiger partial charge < -0.3 is 19.5 Å². The maximum absolute atomic E-state index is 12.6. The lowest BCUT2D eigenvalue weighted by atomic mass is 10.0. The van der Waals surface area contributed by atoms with E-state index < -0.39 is 23.6 Å². The monoisotopic (exact) mass is 592 g/mol. The molecule has 13 heteroatoms. The van der Waals surface area contributed by atoms with Crippen LogP contribution < -0.4 is 19.5 Å². The molecule has 0 aromatic heterocycles. The number of alkyl halides is 3. The highest BCUT2D eigenvalue weighted by Crippen LogP contribution is 2.41. The normalized spacial score (nSPS) is 12.7. The summed E-state index contributed by atoms with van der Waals surface area (Å²) in [5, 5.41) is 13.1. The SMILES string of the molecule is CC(C#N)(COc1cc(Cl)c(Cl)cc1Oc1ccc(Cl)cc1Cl)NC(=O)c1ccc(OC(F)(F)F)cc1. The van der Waals surface area contributed by atoms with Gasteiger partial charge in [-0.15, -0.1) is 13.2 Å². The first-order valence-corrected chi connectivity index (χ1v) is 11.6. The number of carbonyl (C=O) groups is 1. The van der Waals surface area contributed by atoms with Gasteiger partial charge in [0.25, 0.3) is 5.91 Å². The fraction of sp³-hybridized carbons (Fsp3) is 0.167. The van der Waals surface area contributed by atoms with E-state index in [0.717, 1.165) is 24.3 Å². The molecule has 194 valence electrons. The van der Waals surface area contributed by atoms with Crippen LogP contribution in [0.2, 0.25) is 20.1 Å². The van der Waals surface area contributed by atoms with Gasteiger partial charge in [0.1, 0.15) is 18.1 Å². The highest BCUT2D eigenvalue weighted by Gasteiger charge is 2.32. The molecule has 0 aliphatic carbocycles. The van der Waals surface area contributed by atoms with E-state index in [2.05, 4.69) is 10.1 Å². The highest BCUT2D eigenvalue weighted by atomic mass is 35.5. The smallest absolute Gasteiger partial charge is 0.486 e. The van der Waals surface area contributed by atoms with Crippen LogP contribution in [0.5, 0.6) is 23.0 Å². The number of halogens is 7. The van der Waals surface area contributed by atoms with Crippen LogP contribution in [0, 0.1) is 11.3 Å². The van der Waals surface area contributed by atoms with Gasteiger partial charge in [0.05, 0.1) is 21.1 Å². The van der Waals surface area contributed by atoms with E-state index in [-0.39, 0.29) is 44.5 Å². The van der Waals surface area contributed by atoms with Gasteiger partial charge in [0.15, 0.2) is 17.0 Å². The molecular formula is C24H15Cl4F3N2O4. The molecule has 37 heavy (non-hydrogen) atoms. The number of ether oxygens (including phenoxy) is 3. The Morgan fingerprint density at radius 3 is 2.11 bits per heavy atom. The third-order valence-electron chi connectivity index (χ3n) is 4.60. The average molecular weight is 594 g/mol. The number of carbonyl (C=O) groups excluding carboxylic acids is 1. The fourth-order valence-corrected chi connectivity index (χ4v) is 3.58. The minimum Gasteiger partial charge on any atom is -0.486 e. The standard InChI is InChI=1S/C24H15Cl4F3N2O4/c1-23(11-32,33-22(34)13-2-5-15(6-3-13)37-24(29,30)31)12-35-20-9-16(26)17(27)10-21(20)36-19-7-4-14(25)8-18(19)28/h2-10H,12H2,1H3,(H,33,34). The van der Waals surface area contributed by atoms with Crippen molar-refractivity contribution in [3.05, 3.63) is 80.3 Å². The average Bonchev–Trinajstić information content (AvgIpc) is 2.81. The second-order valence-corrected chi connectivity index (χ2v) is 9.31. The Morgan fingerprint density at radius 1 is 0.919 bits per heavy atom. The lowest BCUT2D eigenvalue weighted by molar-refractivity contribution is -0.274. The summed E-state index contributed by atoms with van der Waals surface area (Å²) >= 11 is 24.3. The molecule has 3 aromatic carbocycles. The highest BCUT2D eigenvalue weighted by molar-refractivity contribution is 6.42. The van der Waals surface area contributed by atoms with Crippen LogP contribution in [0.1, 0.15) is 17.3 Å². The number of hydrogen-bond donors (Lipinski definition) is 1. The van der Waals surface area contributed by atoms with E-state index in [0.29, 0.717) is 5.02 Å². The van der Waals surface area contributed by atoms with Crippen LogP contribution in [0.4, 0.5) is 13.2 Å². The van der Waals surface area contributed by atoms with E-state index in [1.54, 1.807) is 6.07 Å². The van der Waals surface area contributed by atoms with Gasteiger partial charge in [0.2, 0.25) is 0 Å². The Balaban J connectivity index is 1.76. The summed E-state index contributed by atoms with van der Waals surface area (Å²) in [5.74, 6) is -0.785. The number of nitrogens with one attached hydrogen (secondary N) is 1. The van der Waals surface area contributed by atoms with Crippen molar-refractivity contribution >= 4 is 52.3 Å². The number of nitriles is 1. The minimum absolute atomic E-state index is 0.00746. The van der Waals surface area contributed by atoms with Gasteiger partial charge in [-0.05, 0) is 49.4 Å². The molecule has 0 spiro atoms. The Kier molecular flexibility index (Phi) is 8.92. The Morgan fingerprint density at radius 2 is 1.54 bits per heavy atom. The first kappa shape index (κ1) is 28.5. The zero-order chi connectivity index (χ0) is 27.4. The molecule has 0 aliphatic rings. The van der Waals surface area contributed by atoms with Gasteiger partial charge in [-0.3, -0.25) is 4.79 Å². The third-order valence-corrected chi connectivity index (χ3v) is 5.86. The van der Waals surface area contributed by atoms with Crippen molar-refractivity contribution in [3.63, 3.8) is 0 Å². The van der Waals surface area contributed by atoms with Gasteiger partial charge >= 0.3 is 6.36 Å². The maximum atomic E-state index is 12.6. The topological polar surface area (TPSA) is 80.6 Å². The summed E-state index contributed by atoms with van der Waals surface area (Å²) < 4.78 is 52.4. The summed E-state index contributed by atoms with van der Waals surface area (Å²) in [4.78, 5) is 12.6. The summed E-state index contributed by atoms with van der Waals surface area (Å²) in [7, 11) is 0. The van der Waals surface area contributed by atoms with Gasteiger partial charge in [-0.1, -0.05) is 46.4 Å². The second kappa shape index (κ2) is 11.6. The Labute approximate surface area is 229 Å². The molecule has 1 unspecified atom stereocenters. The molecule has 0 heterocycles. The van der Waals surface area contributed by atoms with Crippen LogP contribution in [-0.4, -0.2) is 24.4 Å². The molecule has 0 fully saturated rings. The van der Waals surface area contributed by atoms with E-state index in [4.69, 9.17) is 55.9 Å². The summed E-state index contributed by atoms with van der Waals surface area (Å²) in [5.41, 5.74) is -1.58. The molecule has 0 saturated carbocycles. The predicted octanol–water partition coefficient (Wildman–Crippen LogP) is 8.08. The molecule has 0 aliphatic heterocycles. The lowest BCUT2D eigenvalue weighted by Crippen LogP contribution is -2.49. The van der Waals surface area contributed by atoms with Crippen molar-refractivity contribution < 1.29 is 32.2 Å². The van der Waals surface area contributed by atoms with Crippen LogP contribution in [-0.2, 0) is 0 Å². The minimum atomic E-state index is -4.87. The molecule has 0 saturated heterocycles. The lowest BCUT2D eigenvalue weighted by Gasteiger charge is -2.24. The molecule has 6 nitrogen and oxygen atoms in total. The Bertz CT molecular complexity index is 1350. The van der Waals surface area contributed by atoms with Crippen molar-refractivity contribution in [3.8, 4) is 29.1 Å². The number of nitrogens with zero attached hydrogens (tertiary/aromatic N) is 1. The van der Waals surface area contributed by atoms with Crippen molar-refractivity contribution in [1.82, 2.24) is 5.32 Å². The molecule has 1 N–H and O–H groups in total. The fourth-order valence-electron chi connectivity index (χ4n) is 2.83. The third kappa shape index (κ3) is 7.98. The van der Waals surface area contributed by atoms with Crippen molar-refractivity contribution in [2.24, 2.45) is 0 Å². The number of rotatable bonds is 8. The zero-order valence-electron chi connectivity index (χ0n) is 18.6. The molecule has 1 atom stereocenters. The van der Waals surface area contributed by atoms with Crippen LogP contribution in [0.25, 0.3) is 0 Å². The van der Waals surface area contributed by atoms with Crippen molar-refractivity contribution in [2.45, 2.75) is 18.8 Å². The van der Waals surface area contributed by atoms with Crippen LogP contribution >= 0.6 is 46.4 Å². The molecule has 3 aromatic rings. The van der Waals surface area contributed by atoms with E-state index in [9.17, 15) is 23.2 Å². The number of hydrogen-bond acceptors (Lipinski definition) is 5.